The number of carbonyl (C=O) groups excluding carboxylic acids is 2. The average Bonchev–Trinajstić information content (AvgIpc) is 2.84. The SMILES string of the molecule is Cc1cc(C)c(C)c(OCCCNC(=O)CN2C(=O)CCOc3ccccc32)c1. The third kappa shape index (κ3) is 5.28. The number of nitrogens with one attached hydrogen (secondary N) is 1. The van der Waals surface area contributed by atoms with Crippen LogP contribution in [0.25, 0.3) is 0 Å². The lowest BCUT2D eigenvalue weighted by Crippen LogP contribution is -2.41. The second kappa shape index (κ2) is 9.45. The first-order valence-electron chi connectivity index (χ1n) is 9.95. The highest BCUT2D eigenvalue weighted by molar-refractivity contribution is 6.00. The third-order valence-electron chi connectivity index (χ3n) is 5.00. The van der Waals surface area contributed by atoms with Gasteiger partial charge in [-0.1, -0.05) is 18.2 Å². The lowest BCUT2D eigenvalue weighted by Gasteiger charge is -2.21. The number of hydrogen-bond acceptors (Lipinski definition) is 4. The minimum Gasteiger partial charge on any atom is -0.493 e. The molecule has 0 radical (unpaired) electrons. The molecule has 1 heterocycles. The number of hydrogen-bond donors (Lipinski definition) is 1. The van der Waals surface area contributed by atoms with Gasteiger partial charge >= 0.3 is 0 Å². The van der Waals surface area contributed by atoms with Crippen molar-refractivity contribution < 1.29 is 19.1 Å². The van der Waals surface area contributed by atoms with Gasteiger partial charge in [0, 0.05) is 6.54 Å². The van der Waals surface area contributed by atoms with E-state index in [9.17, 15) is 9.59 Å². The smallest absolute Gasteiger partial charge is 0.240 e. The molecule has 3 rings (SSSR count). The van der Waals surface area contributed by atoms with Gasteiger partial charge in [-0.3, -0.25) is 14.5 Å². The van der Waals surface area contributed by atoms with Crippen molar-refractivity contribution in [3.8, 4) is 11.5 Å². The van der Waals surface area contributed by atoms with Gasteiger partial charge in [-0.05, 0) is 62.1 Å². The molecular formula is C23H28N2O4. The van der Waals surface area contributed by atoms with E-state index < -0.39 is 0 Å². The van der Waals surface area contributed by atoms with Crippen LogP contribution in [-0.4, -0.2) is 38.1 Å². The predicted molar refractivity (Wildman–Crippen MR) is 113 cm³/mol. The molecule has 0 saturated carbocycles. The zero-order chi connectivity index (χ0) is 20.8. The number of ether oxygens (including phenoxy) is 2. The van der Waals surface area contributed by atoms with Crippen molar-refractivity contribution in [3.63, 3.8) is 0 Å². The van der Waals surface area contributed by atoms with Gasteiger partial charge in [-0.25, -0.2) is 0 Å². The van der Waals surface area contributed by atoms with Crippen molar-refractivity contribution in [1.82, 2.24) is 5.32 Å². The predicted octanol–water partition coefficient (Wildman–Crippen LogP) is 3.31. The monoisotopic (exact) mass is 396 g/mol. The molecule has 1 N–H and O–H groups in total. The summed E-state index contributed by atoms with van der Waals surface area (Å²) in [7, 11) is 0. The van der Waals surface area contributed by atoms with Crippen LogP contribution < -0.4 is 19.7 Å². The number of para-hydroxylation sites is 2. The summed E-state index contributed by atoms with van der Waals surface area (Å²) >= 11 is 0. The first-order chi connectivity index (χ1) is 14.0. The molecule has 0 aliphatic carbocycles. The lowest BCUT2D eigenvalue weighted by molar-refractivity contribution is -0.123. The number of carbonyl (C=O) groups is 2. The minimum absolute atomic E-state index is 0.0176. The average molecular weight is 396 g/mol. The Labute approximate surface area is 171 Å². The molecule has 1 aliphatic heterocycles. The molecule has 0 atom stereocenters. The van der Waals surface area contributed by atoms with Crippen LogP contribution in [0.1, 0.15) is 29.5 Å². The molecule has 0 saturated heterocycles. The Kier molecular flexibility index (Phi) is 6.75. The van der Waals surface area contributed by atoms with E-state index in [-0.39, 0.29) is 24.8 Å². The van der Waals surface area contributed by atoms with Gasteiger partial charge in [0.25, 0.3) is 0 Å². The number of nitrogens with zero attached hydrogens (tertiary/aromatic N) is 1. The molecule has 2 aromatic rings. The highest BCUT2D eigenvalue weighted by Crippen LogP contribution is 2.30. The maximum atomic E-state index is 12.4. The number of rotatable bonds is 7. The van der Waals surface area contributed by atoms with E-state index in [4.69, 9.17) is 9.47 Å². The van der Waals surface area contributed by atoms with E-state index in [1.54, 1.807) is 6.07 Å². The lowest BCUT2D eigenvalue weighted by atomic mass is 10.1. The largest absolute Gasteiger partial charge is 0.493 e. The molecule has 2 aromatic carbocycles. The number of anilines is 1. The number of benzene rings is 2. The summed E-state index contributed by atoms with van der Waals surface area (Å²) in [4.78, 5) is 26.2. The van der Waals surface area contributed by atoms with Crippen molar-refractivity contribution in [2.75, 3.05) is 31.2 Å². The molecule has 6 nitrogen and oxygen atoms in total. The van der Waals surface area contributed by atoms with Crippen molar-refractivity contribution in [1.29, 1.82) is 0 Å². The van der Waals surface area contributed by atoms with E-state index in [0.29, 0.717) is 37.6 Å². The van der Waals surface area contributed by atoms with Crippen LogP contribution in [0, 0.1) is 20.8 Å². The molecule has 0 unspecified atom stereocenters. The molecule has 6 heteroatoms. The maximum absolute atomic E-state index is 12.4. The molecule has 0 bridgehead atoms. The number of aryl methyl sites for hydroxylation is 2. The fourth-order valence-corrected chi connectivity index (χ4v) is 3.33. The summed E-state index contributed by atoms with van der Waals surface area (Å²) in [6.45, 7) is 7.48. The standard InChI is InChI=1S/C23H28N2O4/c1-16-13-17(2)18(3)21(14-16)28-11-6-10-24-22(26)15-25-19-7-4-5-8-20(19)29-12-9-23(25)27/h4-5,7-8,13-14H,6,9-12,15H2,1-3H3,(H,24,26). The minimum atomic E-state index is -0.197. The normalized spacial score (nSPS) is 13.3. The second-order valence-corrected chi connectivity index (χ2v) is 7.30. The van der Waals surface area contributed by atoms with E-state index in [0.717, 1.165) is 11.3 Å². The van der Waals surface area contributed by atoms with E-state index >= 15 is 0 Å². The summed E-state index contributed by atoms with van der Waals surface area (Å²) in [6.07, 6.45) is 0.941. The molecule has 2 amide bonds. The fourth-order valence-electron chi connectivity index (χ4n) is 3.33. The van der Waals surface area contributed by atoms with Crippen LogP contribution in [0.2, 0.25) is 0 Å². The zero-order valence-corrected chi connectivity index (χ0v) is 17.3. The maximum Gasteiger partial charge on any atom is 0.240 e. The summed E-state index contributed by atoms with van der Waals surface area (Å²) < 4.78 is 11.5. The van der Waals surface area contributed by atoms with Crippen molar-refractivity contribution in [2.45, 2.75) is 33.6 Å². The zero-order valence-electron chi connectivity index (χ0n) is 17.3. The van der Waals surface area contributed by atoms with E-state index in [1.807, 2.05) is 38.1 Å². The molecule has 1 aliphatic rings. The van der Waals surface area contributed by atoms with Crippen molar-refractivity contribution in [2.24, 2.45) is 0 Å². The van der Waals surface area contributed by atoms with Crippen LogP contribution in [0.4, 0.5) is 5.69 Å². The Morgan fingerprint density at radius 2 is 2.00 bits per heavy atom. The molecule has 29 heavy (non-hydrogen) atoms. The van der Waals surface area contributed by atoms with Crippen LogP contribution in [0.3, 0.4) is 0 Å². The Hall–Kier alpha value is -3.02. The van der Waals surface area contributed by atoms with Gasteiger partial charge in [0.05, 0.1) is 25.3 Å². The third-order valence-corrected chi connectivity index (χ3v) is 5.00. The Balaban J connectivity index is 1.47. The van der Waals surface area contributed by atoms with Crippen molar-refractivity contribution >= 4 is 17.5 Å². The number of amides is 2. The molecule has 0 fully saturated rings. The van der Waals surface area contributed by atoms with Crippen LogP contribution in [-0.2, 0) is 9.59 Å². The fraction of sp³-hybridized carbons (Fsp3) is 0.391. The van der Waals surface area contributed by atoms with E-state index in [1.165, 1.54) is 16.0 Å². The molecule has 0 aromatic heterocycles. The van der Waals surface area contributed by atoms with Crippen LogP contribution in [0.15, 0.2) is 36.4 Å². The Bertz CT molecular complexity index is 894. The summed E-state index contributed by atoms with van der Waals surface area (Å²) in [5.41, 5.74) is 4.15. The van der Waals surface area contributed by atoms with Gasteiger partial charge < -0.3 is 14.8 Å². The van der Waals surface area contributed by atoms with Gasteiger partial charge in [-0.2, -0.15) is 0 Å². The molecule has 154 valence electrons. The van der Waals surface area contributed by atoms with Crippen LogP contribution >= 0.6 is 0 Å². The first-order valence-corrected chi connectivity index (χ1v) is 9.95. The highest BCUT2D eigenvalue weighted by atomic mass is 16.5. The van der Waals surface area contributed by atoms with Crippen LogP contribution in [0.5, 0.6) is 11.5 Å². The number of fused-ring (bicyclic) bond motifs is 1. The second-order valence-electron chi connectivity index (χ2n) is 7.30. The summed E-state index contributed by atoms with van der Waals surface area (Å²) in [5, 5.41) is 2.87. The summed E-state index contributed by atoms with van der Waals surface area (Å²) in [6, 6.07) is 11.5. The quantitative estimate of drug-likeness (QED) is 0.729. The van der Waals surface area contributed by atoms with Gasteiger partial charge in [-0.15, -0.1) is 0 Å². The Morgan fingerprint density at radius 1 is 1.21 bits per heavy atom. The van der Waals surface area contributed by atoms with Gasteiger partial charge in [0.1, 0.15) is 18.0 Å². The Morgan fingerprint density at radius 3 is 2.83 bits per heavy atom. The topological polar surface area (TPSA) is 67.9 Å². The van der Waals surface area contributed by atoms with Gasteiger partial charge in [0.2, 0.25) is 11.8 Å². The first kappa shape index (κ1) is 20.7. The van der Waals surface area contributed by atoms with E-state index in [2.05, 4.69) is 18.3 Å². The highest BCUT2D eigenvalue weighted by Gasteiger charge is 2.24. The molecular weight excluding hydrogens is 368 g/mol. The molecule has 0 spiro atoms. The van der Waals surface area contributed by atoms with Gasteiger partial charge in [0.15, 0.2) is 0 Å². The van der Waals surface area contributed by atoms with Crippen molar-refractivity contribution in [3.05, 3.63) is 53.1 Å². The summed E-state index contributed by atoms with van der Waals surface area (Å²) in [5.74, 6) is 1.21.